The number of hydrogen-bond acceptors (Lipinski definition) is 2. The Morgan fingerprint density at radius 2 is 1.50 bits per heavy atom. The van der Waals surface area contributed by atoms with Gasteiger partial charge in [0.05, 0.1) is 6.10 Å². The highest BCUT2D eigenvalue weighted by atomic mass is 16.5. The van der Waals surface area contributed by atoms with Crippen molar-refractivity contribution in [2.24, 2.45) is 5.41 Å². The molecule has 0 amide bonds. The highest BCUT2D eigenvalue weighted by Gasteiger charge is 2.31. The number of likely N-dealkylation sites (N-methyl/N-ethyl adjacent to an activating group) is 1. The SMILES string of the molecule is CCCCCCCCC(NCC)C(OCC)C(C)(C)C. The molecule has 0 rings (SSSR count). The second kappa shape index (κ2) is 11.6. The van der Waals surface area contributed by atoms with E-state index in [2.05, 4.69) is 46.9 Å². The van der Waals surface area contributed by atoms with E-state index in [0.717, 1.165) is 13.2 Å². The maximum atomic E-state index is 6.05. The Kier molecular flexibility index (Phi) is 11.5. The van der Waals surface area contributed by atoms with Crippen molar-refractivity contribution >= 4 is 0 Å². The fourth-order valence-electron chi connectivity index (χ4n) is 2.92. The van der Waals surface area contributed by atoms with Crippen LogP contribution in [0.1, 0.15) is 86.5 Å². The van der Waals surface area contributed by atoms with E-state index in [1.165, 1.54) is 44.9 Å². The molecule has 2 heteroatoms. The third-order valence-corrected chi connectivity index (χ3v) is 3.90. The zero-order valence-electron chi connectivity index (χ0n) is 14.9. The smallest absolute Gasteiger partial charge is 0.0775 e. The molecule has 0 saturated heterocycles. The van der Waals surface area contributed by atoms with Crippen molar-refractivity contribution in [2.45, 2.75) is 98.6 Å². The highest BCUT2D eigenvalue weighted by molar-refractivity contribution is 4.86. The van der Waals surface area contributed by atoms with Crippen LogP contribution in [-0.2, 0) is 4.74 Å². The Labute approximate surface area is 128 Å². The standard InChI is InChI=1S/C18H39NO/c1-7-10-11-12-13-14-15-16(19-8-2)17(20-9-3)18(4,5)6/h16-17,19H,7-15H2,1-6H3. The molecule has 0 aromatic rings. The van der Waals surface area contributed by atoms with Crippen molar-refractivity contribution in [1.82, 2.24) is 5.32 Å². The van der Waals surface area contributed by atoms with Gasteiger partial charge in [0.15, 0.2) is 0 Å². The molecule has 0 bridgehead atoms. The van der Waals surface area contributed by atoms with Crippen LogP contribution >= 0.6 is 0 Å². The topological polar surface area (TPSA) is 21.3 Å². The lowest BCUT2D eigenvalue weighted by Crippen LogP contribution is -2.48. The first kappa shape index (κ1) is 19.9. The molecule has 0 spiro atoms. The van der Waals surface area contributed by atoms with Gasteiger partial charge in [0.1, 0.15) is 0 Å². The number of unbranched alkanes of at least 4 members (excludes halogenated alkanes) is 5. The lowest BCUT2D eigenvalue weighted by atomic mass is 9.82. The molecule has 2 nitrogen and oxygen atoms in total. The van der Waals surface area contributed by atoms with Crippen molar-refractivity contribution in [3.8, 4) is 0 Å². The quantitative estimate of drug-likeness (QED) is 0.500. The van der Waals surface area contributed by atoms with Crippen molar-refractivity contribution in [1.29, 1.82) is 0 Å². The molecular formula is C18H39NO. The molecule has 0 aromatic heterocycles. The predicted octanol–water partition coefficient (Wildman–Crippen LogP) is 5.17. The first-order valence-electron chi connectivity index (χ1n) is 8.82. The van der Waals surface area contributed by atoms with Crippen molar-refractivity contribution in [2.75, 3.05) is 13.2 Å². The minimum atomic E-state index is 0.199. The van der Waals surface area contributed by atoms with E-state index >= 15 is 0 Å². The van der Waals surface area contributed by atoms with Gasteiger partial charge in [-0.15, -0.1) is 0 Å². The molecule has 0 aliphatic rings. The summed E-state index contributed by atoms with van der Waals surface area (Å²) >= 11 is 0. The van der Waals surface area contributed by atoms with Gasteiger partial charge in [-0.3, -0.25) is 0 Å². The third-order valence-electron chi connectivity index (χ3n) is 3.90. The van der Waals surface area contributed by atoms with Crippen LogP contribution in [0.4, 0.5) is 0 Å². The minimum Gasteiger partial charge on any atom is -0.376 e. The summed E-state index contributed by atoms with van der Waals surface area (Å²) < 4.78 is 6.05. The van der Waals surface area contributed by atoms with Gasteiger partial charge in [-0.2, -0.15) is 0 Å². The summed E-state index contributed by atoms with van der Waals surface area (Å²) in [7, 11) is 0. The first-order chi connectivity index (χ1) is 9.47. The first-order valence-corrected chi connectivity index (χ1v) is 8.82. The molecule has 0 saturated carbocycles. The van der Waals surface area contributed by atoms with Gasteiger partial charge < -0.3 is 10.1 Å². The van der Waals surface area contributed by atoms with Gasteiger partial charge in [0.2, 0.25) is 0 Å². The zero-order chi connectivity index (χ0) is 15.4. The summed E-state index contributed by atoms with van der Waals surface area (Å²) in [5.74, 6) is 0. The van der Waals surface area contributed by atoms with Crippen LogP contribution in [0.2, 0.25) is 0 Å². The average Bonchev–Trinajstić information content (AvgIpc) is 2.37. The van der Waals surface area contributed by atoms with Gasteiger partial charge >= 0.3 is 0 Å². The van der Waals surface area contributed by atoms with Crippen molar-refractivity contribution < 1.29 is 4.74 Å². The predicted molar refractivity (Wildman–Crippen MR) is 90.3 cm³/mol. The molecule has 0 fully saturated rings. The molecular weight excluding hydrogens is 246 g/mol. The summed E-state index contributed by atoms with van der Waals surface area (Å²) in [5.41, 5.74) is 0.199. The number of ether oxygens (including phenoxy) is 1. The Morgan fingerprint density at radius 3 is 2.00 bits per heavy atom. The maximum Gasteiger partial charge on any atom is 0.0775 e. The molecule has 0 aliphatic heterocycles. The van der Waals surface area contributed by atoms with Gasteiger partial charge in [0.25, 0.3) is 0 Å². The number of rotatable bonds is 12. The van der Waals surface area contributed by atoms with Gasteiger partial charge in [-0.05, 0) is 25.3 Å². The Bertz CT molecular complexity index is 210. The van der Waals surface area contributed by atoms with Gasteiger partial charge in [-0.1, -0.05) is 73.1 Å². The zero-order valence-corrected chi connectivity index (χ0v) is 14.9. The van der Waals surface area contributed by atoms with Crippen LogP contribution in [0.3, 0.4) is 0 Å². The summed E-state index contributed by atoms with van der Waals surface area (Å²) in [6.07, 6.45) is 9.74. The Balaban J connectivity index is 4.23. The summed E-state index contributed by atoms with van der Waals surface area (Å²) in [4.78, 5) is 0. The van der Waals surface area contributed by atoms with E-state index in [9.17, 15) is 0 Å². The molecule has 0 radical (unpaired) electrons. The normalized spacial score (nSPS) is 15.3. The molecule has 0 aliphatic carbocycles. The molecule has 20 heavy (non-hydrogen) atoms. The van der Waals surface area contributed by atoms with Crippen LogP contribution in [0, 0.1) is 5.41 Å². The highest BCUT2D eigenvalue weighted by Crippen LogP contribution is 2.27. The second-order valence-corrected chi connectivity index (χ2v) is 6.96. The van der Waals surface area contributed by atoms with E-state index in [1.807, 2.05) is 0 Å². The van der Waals surface area contributed by atoms with Crippen LogP contribution in [0.25, 0.3) is 0 Å². The minimum absolute atomic E-state index is 0.199. The summed E-state index contributed by atoms with van der Waals surface area (Å²) in [6.45, 7) is 15.3. The van der Waals surface area contributed by atoms with E-state index in [4.69, 9.17) is 4.74 Å². The fraction of sp³-hybridized carbons (Fsp3) is 1.00. The largest absolute Gasteiger partial charge is 0.376 e. The van der Waals surface area contributed by atoms with Crippen LogP contribution in [0.15, 0.2) is 0 Å². The monoisotopic (exact) mass is 285 g/mol. The second-order valence-electron chi connectivity index (χ2n) is 6.96. The van der Waals surface area contributed by atoms with E-state index in [-0.39, 0.29) is 5.41 Å². The summed E-state index contributed by atoms with van der Waals surface area (Å²) in [5, 5.41) is 3.65. The molecule has 2 unspecified atom stereocenters. The van der Waals surface area contributed by atoms with Crippen molar-refractivity contribution in [3.05, 3.63) is 0 Å². The van der Waals surface area contributed by atoms with Crippen molar-refractivity contribution in [3.63, 3.8) is 0 Å². The molecule has 0 heterocycles. The molecule has 0 aromatic carbocycles. The molecule has 122 valence electrons. The Morgan fingerprint density at radius 1 is 0.900 bits per heavy atom. The molecule has 1 N–H and O–H groups in total. The lowest BCUT2D eigenvalue weighted by Gasteiger charge is -2.37. The number of nitrogens with one attached hydrogen (secondary N) is 1. The number of hydrogen-bond donors (Lipinski definition) is 1. The third kappa shape index (κ3) is 8.97. The van der Waals surface area contributed by atoms with Gasteiger partial charge in [0, 0.05) is 12.6 Å². The Hall–Kier alpha value is -0.0800. The summed E-state index contributed by atoms with van der Waals surface area (Å²) in [6, 6.07) is 0.492. The van der Waals surface area contributed by atoms with Crippen LogP contribution in [-0.4, -0.2) is 25.3 Å². The van der Waals surface area contributed by atoms with E-state index in [1.54, 1.807) is 0 Å². The maximum absolute atomic E-state index is 6.05. The molecule has 2 atom stereocenters. The van der Waals surface area contributed by atoms with E-state index < -0.39 is 0 Å². The average molecular weight is 286 g/mol. The van der Waals surface area contributed by atoms with Gasteiger partial charge in [-0.25, -0.2) is 0 Å². The van der Waals surface area contributed by atoms with Crippen LogP contribution in [0.5, 0.6) is 0 Å². The van der Waals surface area contributed by atoms with Crippen LogP contribution < -0.4 is 5.32 Å². The fourth-order valence-corrected chi connectivity index (χ4v) is 2.92. The van der Waals surface area contributed by atoms with E-state index in [0.29, 0.717) is 12.1 Å². The lowest BCUT2D eigenvalue weighted by molar-refractivity contribution is -0.0375.